The maximum atomic E-state index is 5.65. The predicted octanol–water partition coefficient (Wildman–Crippen LogP) is 3.79. The molecule has 3 nitrogen and oxygen atoms in total. The van der Waals surface area contributed by atoms with Gasteiger partial charge in [-0.1, -0.05) is 25.1 Å². The van der Waals surface area contributed by atoms with Crippen LogP contribution in [0.25, 0.3) is 0 Å². The summed E-state index contributed by atoms with van der Waals surface area (Å²) in [6.07, 6.45) is 3.72. The molecule has 1 aromatic carbocycles. The van der Waals surface area contributed by atoms with Gasteiger partial charge in [-0.3, -0.25) is 0 Å². The number of nitrogens with one attached hydrogen (secondary N) is 1. The van der Waals surface area contributed by atoms with E-state index in [1.54, 1.807) is 6.26 Å². The number of para-hydroxylation sites is 1. The summed E-state index contributed by atoms with van der Waals surface area (Å²) in [7, 11) is 0. The fourth-order valence-corrected chi connectivity index (χ4v) is 1.99. The topological polar surface area (TPSA) is 34.4 Å². The molecule has 0 fully saturated rings. The Bertz CT molecular complexity index is 439. The Morgan fingerprint density at radius 2 is 2.00 bits per heavy atom. The van der Waals surface area contributed by atoms with Crippen LogP contribution in [-0.4, -0.2) is 13.2 Å². The number of rotatable bonds is 8. The molecule has 2 aromatic rings. The molecule has 0 aliphatic carbocycles. The first-order chi connectivity index (χ1) is 9.40. The Hall–Kier alpha value is -1.74. The van der Waals surface area contributed by atoms with E-state index in [1.165, 1.54) is 0 Å². The van der Waals surface area contributed by atoms with Crippen LogP contribution in [0.4, 0.5) is 0 Å². The van der Waals surface area contributed by atoms with Crippen molar-refractivity contribution in [1.29, 1.82) is 0 Å². The molecular weight excluding hydrogens is 238 g/mol. The number of hydrogen-bond donors (Lipinski definition) is 1. The molecule has 19 heavy (non-hydrogen) atoms. The summed E-state index contributed by atoms with van der Waals surface area (Å²) in [5.41, 5.74) is 0. The second-order valence-electron chi connectivity index (χ2n) is 4.45. The SMILES string of the molecule is CCC(NCCCOc1ccccc1)c1ccco1. The van der Waals surface area contributed by atoms with Crippen LogP contribution in [0.5, 0.6) is 5.75 Å². The van der Waals surface area contributed by atoms with Crippen LogP contribution in [0.15, 0.2) is 53.1 Å². The van der Waals surface area contributed by atoms with Crippen molar-refractivity contribution >= 4 is 0 Å². The van der Waals surface area contributed by atoms with Crippen molar-refractivity contribution in [3.05, 3.63) is 54.5 Å². The van der Waals surface area contributed by atoms with Gasteiger partial charge in [0.15, 0.2) is 0 Å². The Kier molecular flexibility index (Phi) is 5.50. The summed E-state index contributed by atoms with van der Waals surface area (Å²) in [6.45, 7) is 3.80. The molecule has 1 N–H and O–H groups in total. The first kappa shape index (κ1) is 13.7. The molecule has 0 spiro atoms. The maximum Gasteiger partial charge on any atom is 0.120 e. The molecular formula is C16H21NO2. The highest BCUT2D eigenvalue weighted by Gasteiger charge is 2.10. The molecule has 1 aromatic heterocycles. The van der Waals surface area contributed by atoms with Crippen molar-refractivity contribution in [1.82, 2.24) is 5.32 Å². The molecule has 0 aliphatic rings. The Morgan fingerprint density at radius 1 is 1.16 bits per heavy atom. The zero-order valence-corrected chi connectivity index (χ0v) is 11.3. The van der Waals surface area contributed by atoms with Crippen LogP contribution in [0, 0.1) is 0 Å². The van der Waals surface area contributed by atoms with Gasteiger partial charge in [0.25, 0.3) is 0 Å². The van der Waals surface area contributed by atoms with E-state index in [-0.39, 0.29) is 0 Å². The molecule has 1 atom stereocenters. The average Bonchev–Trinajstić information content (AvgIpc) is 2.98. The van der Waals surface area contributed by atoms with Crippen LogP contribution >= 0.6 is 0 Å². The van der Waals surface area contributed by atoms with Gasteiger partial charge in [-0.25, -0.2) is 0 Å². The summed E-state index contributed by atoms with van der Waals surface area (Å²) < 4.78 is 11.1. The lowest BCUT2D eigenvalue weighted by molar-refractivity contribution is 0.300. The maximum absolute atomic E-state index is 5.65. The molecule has 0 saturated heterocycles. The monoisotopic (exact) mass is 259 g/mol. The van der Waals surface area contributed by atoms with E-state index in [1.807, 2.05) is 42.5 Å². The third kappa shape index (κ3) is 4.45. The summed E-state index contributed by atoms with van der Waals surface area (Å²) in [6, 6.07) is 14.2. The Labute approximate surface area is 114 Å². The van der Waals surface area contributed by atoms with Gasteiger partial charge in [0.05, 0.1) is 18.9 Å². The summed E-state index contributed by atoms with van der Waals surface area (Å²) in [4.78, 5) is 0. The zero-order valence-electron chi connectivity index (χ0n) is 11.3. The standard InChI is InChI=1S/C16H21NO2/c1-2-15(16-10-6-12-19-16)17-11-7-13-18-14-8-4-3-5-9-14/h3-6,8-10,12,15,17H,2,7,11,13H2,1H3. The van der Waals surface area contributed by atoms with Crippen LogP contribution in [0.2, 0.25) is 0 Å². The summed E-state index contributed by atoms with van der Waals surface area (Å²) in [5, 5.41) is 3.48. The van der Waals surface area contributed by atoms with E-state index in [2.05, 4.69) is 12.2 Å². The van der Waals surface area contributed by atoms with Gasteiger partial charge in [0, 0.05) is 0 Å². The number of furan rings is 1. The molecule has 0 radical (unpaired) electrons. The quantitative estimate of drug-likeness (QED) is 0.732. The first-order valence-corrected chi connectivity index (χ1v) is 6.84. The molecule has 102 valence electrons. The molecule has 0 saturated carbocycles. The second kappa shape index (κ2) is 7.64. The lowest BCUT2D eigenvalue weighted by atomic mass is 10.1. The van der Waals surface area contributed by atoms with Gasteiger partial charge in [0.2, 0.25) is 0 Å². The molecule has 0 bridgehead atoms. The number of hydrogen-bond acceptors (Lipinski definition) is 3. The zero-order chi connectivity index (χ0) is 13.3. The van der Waals surface area contributed by atoms with E-state index in [0.29, 0.717) is 6.04 Å². The van der Waals surface area contributed by atoms with Crippen molar-refractivity contribution in [2.75, 3.05) is 13.2 Å². The third-order valence-electron chi connectivity index (χ3n) is 3.02. The summed E-state index contributed by atoms with van der Waals surface area (Å²) >= 11 is 0. The van der Waals surface area contributed by atoms with Crippen molar-refractivity contribution < 1.29 is 9.15 Å². The average molecular weight is 259 g/mol. The lowest BCUT2D eigenvalue weighted by Crippen LogP contribution is -2.22. The second-order valence-corrected chi connectivity index (χ2v) is 4.45. The molecule has 1 unspecified atom stereocenters. The number of ether oxygens (including phenoxy) is 1. The van der Waals surface area contributed by atoms with Crippen LogP contribution in [0.1, 0.15) is 31.6 Å². The van der Waals surface area contributed by atoms with Crippen molar-refractivity contribution in [2.45, 2.75) is 25.8 Å². The van der Waals surface area contributed by atoms with Crippen LogP contribution in [-0.2, 0) is 0 Å². The minimum absolute atomic E-state index is 0.298. The highest BCUT2D eigenvalue weighted by molar-refractivity contribution is 5.20. The van der Waals surface area contributed by atoms with Gasteiger partial charge in [0.1, 0.15) is 11.5 Å². The van der Waals surface area contributed by atoms with Gasteiger partial charge in [-0.2, -0.15) is 0 Å². The van der Waals surface area contributed by atoms with Gasteiger partial charge in [-0.05, 0) is 43.7 Å². The third-order valence-corrected chi connectivity index (χ3v) is 3.02. The van der Waals surface area contributed by atoms with Crippen LogP contribution in [0.3, 0.4) is 0 Å². The van der Waals surface area contributed by atoms with Crippen molar-refractivity contribution in [2.24, 2.45) is 0 Å². The van der Waals surface area contributed by atoms with Crippen molar-refractivity contribution in [3.63, 3.8) is 0 Å². The Balaban J connectivity index is 1.64. The van der Waals surface area contributed by atoms with E-state index >= 15 is 0 Å². The predicted molar refractivity (Wildman–Crippen MR) is 76.3 cm³/mol. The summed E-state index contributed by atoms with van der Waals surface area (Å²) in [5.74, 6) is 1.94. The number of benzene rings is 1. The van der Waals surface area contributed by atoms with E-state index in [9.17, 15) is 0 Å². The fraction of sp³-hybridized carbons (Fsp3) is 0.375. The molecule has 0 amide bonds. The minimum atomic E-state index is 0.298. The fourth-order valence-electron chi connectivity index (χ4n) is 1.99. The normalized spacial score (nSPS) is 12.3. The van der Waals surface area contributed by atoms with Gasteiger partial charge < -0.3 is 14.5 Å². The smallest absolute Gasteiger partial charge is 0.120 e. The van der Waals surface area contributed by atoms with Gasteiger partial charge in [-0.15, -0.1) is 0 Å². The molecule has 0 aliphatic heterocycles. The Morgan fingerprint density at radius 3 is 2.68 bits per heavy atom. The van der Waals surface area contributed by atoms with Crippen molar-refractivity contribution in [3.8, 4) is 5.75 Å². The molecule has 3 heteroatoms. The van der Waals surface area contributed by atoms with Gasteiger partial charge >= 0.3 is 0 Å². The molecule has 2 rings (SSSR count). The highest BCUT2D eigenvalue weighted by Crippen LogP contribution is 2.16. The lowest BCUT2D eigenvalue weighted by Gasteiger charge is -2.14. The largest absolute Gasteiger partial charge is 0.494 e. The highest BCUT2D eigenvalue weighted by atomic mass is 16.5. The minimum Gasteiger partial charge on any atom is -0.494 e. The van der Waals surface area contributed by atoms with E-state index in [0.717, 1.165) is 37.5 Å². The van der Waals surface area contributed by atoms with E-state index < -0.39 is 0 Å². The van der Waals surface area contributed by atoms with E-state index in [4.69, 9.17) is 9.15 Å². The molecule has 1 heterocycles. The van der Waals surface area contributed by atoms with Crippen LogP contribution < -0.4 is 10.1 Å². The first-order valence-electron chi connectivity index (χ1n) is 6.84.